The number of amides is 2. The maximum absolute atomic E-state index is 14.1. The fourth-order valence-corrected chi connectivity index (χ4v) is 3.67. The van der Waals surface area contributed by atoms with Crippen molar-refractivity contribution in [3.8, 4) is 0 Å². The van der Waals surface area contributed by atoms with Gasteiger partial charge in [-0.1, -0.05) is 12.1 Å². The van der Waals surface area contributed by atoms with Gasteiger partial charge >= 0.3 is 0 Å². The number of carbonyl (C=O) groups excluding carboxylic acids is 2. The number of aryl methyl sites for hydroxylation is 2. The average Bonchev–Trinajstić information content (AvgIpc) is 3.18. The molecular weight excluding hydrogens is 385 g/mol. The van der Waals surface area contributed by atoms with Gasteiger partial charge in [-0.25, -0.2) is 4.39 Å². The molecule has 3 aromatic rings. The standard InChI is InChI=1S/C22H22FN5O2/c1-14-4-2-6-18(23)20(14)27-22(30)17-13-26-28-9-7-15(10-19(17)28)11-25-21(29)16-5-3-8-24-12-16/h2-6,8,12-13,15H,7,9-11H2,1H3,(H,25,29)(H,27,30)/t15-/m1/s1. The third-order valence-electron chi connectivity index (χ3n) is 5.36. The number of carbonyl (C=O) groups is 2. The van der Waals surface area contributed by atoms with Crippen LogP contribution in [0.5, 0.6) is 0 Å². The van der Waals surface area contributed by atoms with E-state index in [2.05, 4.69) is 20.7 Å². The maximum atomic E-state index is 14.1. The molecule has 7 nitrogen and oxygen atoms in total. The highest BCUT2D eigenvalue weighted by Gasteiger charge is 2.26. The van der Waals surface area contributed by atoms with E-state index in [9.17, 15) is 14.0 Å². The fraction of sp³-hybridized carbons (Fsp3) is 0.273. The Kier molecular flexibility index (Phi) is 5.56. The summed E-state index contributed by atoms with van der Waals surface area (Å²) in [7, 11) is 0. The van der Waals surface area contributed by atoms with Crippen LogP contribution in [0.15, 0.2) is 48.9 Å². The summed E-state index contributed by atoms with van der Waals surface area (Å²) in [5.41, 5.74) is 2.58. The van der Waals surface area contributed by atoms with Gasteiger partial charge in [-0.05, 0) is 49.4 Å². The van der Waals surface area contributed by atoms with Crippen molar-refractivity contribution in [3.63, 3.8) is 0 Å². The van der Waals surface area contributed by atoms with Crippen LogP contribution >= 0.6 is 0 Å². The van der Waals surface area contributed by atoms with E-state index in [-0.39, 0.29) is 23.4 Å². The van der Waals surface area contributed by atoms with E-state index in [4.69, 9.17) is 0 Å². The maximum Gasteiger partial charge on any atom is 0.259 e. The van der Waals surface area contributed by atoms with Crippen LogP contribution in [0.25, 0.3) is 0 Å². The summed E-state index contributed by atoms with van der Waals surface area (Å²) in [4.78, 5) is 29.0. The molecule has 0 spiro atoms. The van der Waals surface area contributed by atoms with E-state index >= 15 is 0 Å². The summed E-state index contributed by atoms with van der Waals surface area (Å²) in [5, 5.41) is 9.92. The van der Waals surface area contributed by atoms with Crippen molar-refractivity contribution < 1.29 is 14.0 Å². The first kappa shape index (κ1) is 19.8. The lowest BCUT2D eigenvalue weighted by Crippen LogP contribution is -2.33. The summed E-state index contributed by atoms with van der Waals surface area (Å²) < 4.78 is 15.9. The fourth-order valence-electron chi connectivity index (χ4n) is 3.67. The number of rotatable bonds is 5. The van der Waals surface area contributed by atoms with Crippen LogP contribution in [0.4, 0.5) is 10.1 Å². The largest absolute Gasteiger partial charge is 0.352 e. The highest BCUT2D eigenvalue weighted by molar-refractivity contribution is 6.05. The zero-order chi connectivity index (χ0) is 21.1. The van der Waals surface area contributed by atoms with Gasteiger partial charge in [0.2, 0.25) is 0 Å². The molecule has 154 valence electrons. The molecule has 1 atom stereocenters. The monoisotopic (exact) mass is 407 g/mol. The van der Waals surface area contributed by atoms with Gasteiger partial charge in [0, 0.05) is 25.5 Å². The highest BCUT2D eigenvalue weighted by Crippen LogP contribution is 2.25. The van der Waals surface area contributed by atoms with Crippen LogP contribution in [0.3, 0.4) is 0 Å². The minimum absolute atomic E-state index is 0.171. The minimum Gasteiger partial charge on any atom is -0.352 e. The third kappa shape index (κ3) is 4.07. The number of hydrogen-bond donors (Lipinski definition) is 2. The number of nitrogens with zero attached hydrogens (tertiary/aromatic N) is 3. The van der Waals surface area contributed by atoms with E-state index in [1.807, 2.05) is 4.68 Å². The second kappa shape index (κ2) is 8.44. The van der Waals surface area contributed by atoms with Crippen LogP contribution in [-0.4, -0.2) is 33.1 Å². The van der Waals surface area contributed by atoms with E-state index in [0.29, 0.717) is 36.2 Å². The lowest BCUT2D eigenvalue weighted by molar-refractivity contribution is 0.0942. The Morgan fingerprint density at radius 1 is 1.20 bits per heavy atom. The van der Waals surface area contributed by atoms with Crippen molar-refractivity contribution in [1.29, 1.82) is 0 Å². The van der Waals surface area contributed by atoms with Gasteiger partial charge in [-0.2, -0.15) is 5.10 Å². The van der Waals surface area contributed by atoms with Crippen LogP contribution in [0.1, 0.15) is 38.4 Å². The van der Waals surface area contributed by atoms with Crippen molar-refractivity contribution in [3.05, 3.63) is 77.1 Å². The van der Waals surface area contributed by atoms with Crippen LogP contribution in [-0.2, 0) is 13.0 Å². The Hall–Kier alpha value is -3.55. The Labute approximate surface area is 173 Å². The second-order valence-electron chi connectivity index (χ2n) is 7.42. The topological polar surface area (TPSA) is 88.9 Å². The van der Waals surface area contributed by atoms with Crippen molar-refractivity contribution in [2.45, 2.75) is 26.3 Å². The first-order valence-corrected chi connectivity index (χ1v) is 9.82. The van der Waals surface area contributed by atoms with Gasteiger partial charge in [0.1, 0.15) is 5.82 Å². The van der Waals surface area contributed by atoms with Crippen LogP contribution in [0, 0.1) is 18.7 Å². The molecule has 3 heterocycles. The predicted octanol–water partition coefficient (Wildman–Crippen LogP) is 2.97. The molecule has 0 radical (unpaired) electrons. The number of pyridine rings is 1. The minimum atomic E-state index is -0.472. The molecule has 2 aromatic heterocycles. The number of anilines is 1. The Balaban J connectivity index is 1.43. The Bertz CT molecular complexity index is 1060. The second-order valence-corrected chi connectivity index (χ2v) is 7.42. The first-order valence-electron chi connectivity index (χ1n) is 9.82. The number of halogens is 1. The van der Waals surface area contributed by atoms with Gasteiger partial charge in [0.25, 0.3) is 11.8 Å². The van der Waals surface area contributed by atoms with Crippen molar-refractivity contribution in [1.82, 2.24) is 20.1 Å². The smallest absolute Gasteiger partial charge is 0.259 e. The summed E-state index contributed by atoms with van der Waals surface area (Å²) in [6.07, 6.45) is 6.12. The Morgan fingerprint density at radius 3 is 2.83 bits per heavy atom. The summed E-state index contributed by atoms with van der Waals surface area (Å²) in [5.74, 6) is -0.850. The molecule has 30 heavy (non-hydrogen) atoms. The van der Waals surface area contributed by atoms with Gasteiger partial charge in [-0.3, -0.25) is 19.3 Å². The third-order valence-corrected chi connectivity index (χ3v) is 5.36. The number of aromatic nitrogens is 3. The average molecular weight is 407 g/mol. The van der Waals surface area contributed by atoms with E-state index in [0.717, 1.165) is 12.1 Å². The van der Waals surface area contributed by atoms with Crippen LogP contribution in [0.2, 0.25) is 0 Å². The molecule has 1 aromatic carbocycles. The molecule has 2 amide bonds. The molecule has 0 fully saturated rings. The quantitative estimate of drug-likeness (QED) is 0.681. The van der Waals surface area contributed by atoms with Crippen molar-refractivity contribution in [2.75, 3.05) is 11.9 Å². The van der Waals surface area contributed by atoms with Gasteiger partial charge in [0.05, 0.1) is 28.7 Å². The molecule has 1 aliphatic heterocycles. The van der Waals surface area contributed by atoms with Crippen molar-refractivity contribution in [2.24, 2.45) is 5.92 Å². The van der Waals surface area contributed by atoms with E-state index in [1.54, 1.807) is 37.4 Å². The van der Waals surface area contributed by atoms with Gasteiger partial charge < -0.3 is 10.6 Å². The lowest BCUT2D eigenvalue weighted by atomic mass is 9.94. The summed E-state index contributed by atoms with van der Waals surface area (Å²) >= 11 is 0. The number of benzene rings is 1. The van der Waals surface area contributed by atoms with Gasteiger partial charge in [0.15, 0.2) is 0 Å². The predicted molar refractivity (Wildman–Crippen MR) is 110 cm³/mol. The summed E-state index contributed by atoms with van der Waals surface area (Å²) in [6, 6.07) is 8.10. The SMILES string of the molecule is Cc1cccc(F)c1NC(=O)c1cnn2c1C[C@H](CNC(=O)c1cccnc1)CC2. The molecule has 0 saturated carbocycles. The van der Waals surface area contributed by atoms with Gasteiger partial charge in [-0.15, -0.1) is 0 Å². The molecule has 0 bridgehead atoms. The Morgan fingerprint density at radius 2 is 2.07 bits per heavy atom. The summed E-state index contributed by atoms with van der Waals surface area (Å²) in [6.45, 7) is 2.90. The number of hydrogen-bond acceptors (Lipinski definition) is 4. The number of para-hydroxylation sites is 1. The molecule has 0 aliphatic carbocycles. The molecule has 0 unspecified atom stereocenters. The molecular formula is C22H22FN5O2. The molecule has 0 saturated heterocycles. The lowest BCUT2D eigenvalue weighted by Gasteiger charge is -2.24. The highest BCUT2D eigenvalue weighted by atomic mass is 19.1. The number of nitrogens with one attached hydrogen (secondary N) is 2. The molecule has 4 rings (SSSR count). The first-order chi connectivity index (χ1) is 14.5. The number of fused-ring (bicyclic) bond motifs is 1. The van der Waals surface area contributed by atoms with Crippen molar-refractivity contribution >= 4 is 17.5 Å². The van der Waals surface area contributed by atoms with E-state index in [1.165, 1.54) is 18.5 Å². The molecule has 1 aliphatic rings. The molecule has 8 heteroatoms. The van der Waals surface area contributed by atoms with Crippen LogP contribution < -0.4 is 10.6 Å². The molecule has 2 N–H and O–H groups in total. The zero-order valence-corrected chi connectivity index (χ0v) is 16.6. The zero-order valence-electron chi connectivity index (χ0n) is 16.6. The normalized spacial score (nSPS) is 15.3. The van der Waals surface area contributed by atoms with E-state index < -0.39 is 5.82 Å².